The van der Waals surface area contributed by atoms with Crippen LogP contribution >= 0.6 is 0 Å². The Hall–Kier alpha value is -0.920. The summed E-state index contributed by atoms with van der Waals surface area (Å²) < 4.78 is 24.1. The van der Waals surface area contributed by atoms with Gasteiger partial charge in [-0.3, -0.25) is 0 Å². The Bertz CT molecular complexity index is 297. The van der Waals surface area contributed by atoms with E-state index in [2.05, 4.69) is 11.3 Å². The quantitative estimate of drug-likeness (QED) is 0.477. The van der Waals surface area contributed by atoms with Crippen LogP contribution in [0.1, 0.15) is 6.42 Å². The van der Waals surface area contributed by atoms with Crippen LogP contribution in [0.25, 0.3) is 0 Å². The first-order chi connectivity index (χ1) is 6.39. The third kappa shape index (κ3) is 5.68. The zero-order valence-electron chi connectivity index (χ0n) is 7.51. The molecule has 0 rings (SSSR count). The smallest absolute Gasteiger partial charge is 0.332 e. The van der Waals surface area contributed by atoms with E-state index >= 15 is 0 Å². The number of carbonyl (C=O) groups is 1. The molecule has 0 saturated carbocycles. The van der Waals surface area contributed by atoms with E-state index in [4.69, 9.17) is 10.2 Å². The summed E-state index contributed by atoms with van der Waals surface area (Å²) in [4.78, 5) is 10.1. The molecular weight excluding hydrogens is 210 g/mol. The van der Waals surface area contributed by atoms with Gasteiger partial charge < -0.3 is 10.2 Å². The molecule has 0 spiro atoms. The SMILES string of the molecule is C=CCS(=O)(=O)NCC[C@H](O)C(=O)O. The van der Waals surface area contributed by atoms with Crippen molar-refractivity contribution in [1.82, 2.24) is 4.72 Å². The molecule has 0 unspecified atom stereocenters. The number of hydrogen-bond acceptors (Lipinski definition) is 4. The molecule has 14 heavy (non-hydrogen) atoms. The van der Waals surface area contributed by atoms with Gasteiger partial charge in [0.15, 0.2) is 6.10 Å². The number of carboxylic acid groups (broad SMARTS) is 1. The summed E-state index contributed by atoms with van der Waals surface area (Å²) >= 11 is 0. The highest BCUT2D eigenvalue weighted by atomic mass is 32.2. The Morgan fingerprint density at radius 2 is 2.14 bits per heavy atom. The Labute approximate surface area is 82.3 Å². The molecule has 0 radical (unpaired) electrons. The van der Waals surface area contributed by atoms with Crippen LogP contribution in [0, 0.1) is 0 Å². The maximum absolute atomic E-state index is 11.0. The summed E-state index contributed by atoms with van der Waals surface area (Å²) in [6.45, 7) is 3.15. The van der Waals surface area contributed by atoms with Crippen LogP contribution in [0.15, 0.2) is 12.7 Å². The van der Waals surface area contributed by atoms with Gasteiger partial charge in [0.2, 0.25) is 10.0 Å². The molecule has 0 bridgehead atoms. The Kier molecular flexibility index (Phi) is 5.36. The lowest BCUT2D eigenvalue weighted by Gasteiger charge is -2.06. The lowest BCUT2D eigenvalue weighted by molar-refractivity contribution is -0.146. The van der Waals surface area contributed by atoms with Crippen molar-refractivity contribution in [3.8, 4) is 0 Å². The van der Waals surface area contributed by atoms with Gasteiger partial charge in [-0.25, -0.2) is 17.9 Å². The Balaban J connectivity index is 3.85. The topological polar surface area (TPSA) is 104 Å². The van der Waals surface area contributed by atoms with E-state index in [-0.39, 0.29) is 18.7 Å². The van der Waals surface area contributed by atoms with Gasteiger partial charge in [-0.1, -0.05) is 6.08 Å². The minimum Gasteiger partial charge on any atom is -0.479 e. The fraction of sp³-hybridized carbons (Fsp3) is 0.571. The number of sulfonamides is 1. The molecule has 6 nitrogen and oxygen atoms in total. The van der Waals surface area contributed by atoms with Gasteiger partial charge in [-0.15, -0.1) is 6.58 Å². The highest BCUT2D eigenvalue weighted by Gasteiger charge is 2.14. The number of aliphatic carboxylic acids is 1. The highest BCUT2D eigenvalue weighted by Crippen LogP contribution is 1.91. The monoisotopic (exact) mass is 223 g/mol. The van der Waals surface area contributed by atoms with Crippen molar-refractivity contribution in [2.24, 2.45) is 0 Å². The molecule has 82 valence electrons. The number of aliphatic hydroxyl groups is 1. The number of carboxylic acids is 1. The van der Waals surface area contributed by atoms with Crippen LogP contribution in [0.2, 0.25) is 0 Å². The molecule has 0 heterocycles. The standard InChI is InChI=1S/C7H13NO5S/c1-2-5-14(12,13)8-4-3-6(9)7(10)11/h2,6,8-9H,1,3-5H2,(H,10,11)/t6-/m0/s1. The van der Waals surface area contributed by atoms with Gasteiger partial charge in [0.25, 0.3) is 0 Å². The van der Waals surface area contributed by atoms with E-state index in [1.165, 1.54) is 6.08 Å². The van der Waals surface area contributed by atoms with Crippen LogP contribution in [-0.4, -0.2) is 43.0 Å². The van der Waals surface area contributed by atoms with E-state index in [1.807, 2.05) is 0 Å². The normalized spacial score (nSPS) is 13.5. The third-order valence-corrected chi connectivity index (χ3v) is 2.68. The lowest BCUT2D eigenvalue weighted by atomic mass is 10.3. The predicted molar refractivity (Wildman–Crippen MR) is 50.2 cm³/mol. The first kappa shape index (κ1) is 13.1. The van der Waals surface area contributed by atoms with Gasteiger partial charge in [-0.05, 0) is 6.42 Å². The zero-order valence-corrected chi connectivity index (χ0v) is 8.33. The molecule has 1 atom stereocenters. The van der Waals surface area contributed by atoms with Crippen molar-refractivity contribution >= 4 is 16.0 Å². The van der Waals surface area contributed by atoms with Crippen LogP contribution < -0.4 is 4.72 Å². The first-order valence-electron chi connectivity index (χ1n) is 3.88. The maximum atomic E-state index is 11.0. The van der Waals surface area contributed by atoms with E-state index in [9.17, 15) is 13.2 Å². The highest BCUT2D eigenvalue weighted by molar-refractivity contribution is 7.89. The lowest BCUT2D eigenvalue weighted by Crippen LogP contribution is -2.31. The van der Waals surface area contributed by atoms with Crippen molar-refractivity contribution in [2.45, 2.75) is 12.5 Å². The molecule has 0 aromatic carbocycles. The Morgan fingerprint density at radius 3 is 2.57 bits per heavy atom. The number of rotatable bonds is 7. The molecule has 0 saturated heterocycles. The second kappa shape index (κ2) is 5.74. The van der Waals surface area contributed by atoms with E-state index < -0.39 is 22.1 Å². The predicted octanol–water partition coefficient (Wildman–Crippen LogP) is -1.07. The molecule has 0 aliphatic rings. The van der Waals surface area contributed by atoms with E-state index in [1.54, 1.807) is 0 Å². The molecule has 0 aliphatic heterocycles. The summed E-state index contributed by atoms with van der Waals surface area (Å²) in [5.41, 5.74) is 0. The second-order valence-corrected chi connectivity index (χ2v) is 4.46. The molecule has 0 aliphatic carbocycles. The minimum atomic E-state index is -3.43. The molecule has 0 fully saturated rings. The van der Waals surface area contributed by atoms with Crippen molar-refractivity contribution in [1.29, 1.82) is 0 Å². The van der Waals surface area contributed by atoms with Crippen LogP contribution in [0.5, 0.6) is 0 Å². The summed E-state index contributed by atoms with van der Waals surface area (Å²) in [7, 11) is -3.43. The number of aliphatic hydroxyl groups excluding tert-OH is 1. The van der Waals surface area contributed by atoms with Crippen molar-refractivity contribution in [3.05, 3.63) is 12.7 Å². The van der Waals surface area contributed by atoms with Crippen molar-refractivity contribution < 1.29 is 23.4 Å². The van der Waals surface area contributed by atoms with E-state index in [0.717, 1.165) is 0 Å². The van der Waals surface area contributed by atoms with Gasteiger partial charge in [-0.2, -0.15) is 0 Å². The van der Waals surface area contributed by atoms with Gasteiger partial charge in [0, 0.05) is 6.54 Å². The first-order valence-corrected chi connectivity index (χ1v) is 5.53. The van der Waals surface area contributed by atoms with E-state index in [0.29, 0.717) is 0 Å². The van der Waals surface area contributed by atoms with Gasteiger partial charge in [0.1, 0.15) is 0 Å². The van der Waals surface area contributed by atoms with Crippen LogP contribution in [0.4, 0.5) is 0 Å². The molecular formula is C7H13NO5S. The molecule has 0 aromatic rings. The summed E-state index contributed by atoms with van der Waals surface area (Å²) in [6.07, 6.45) is -0.483. The number of hydrogen-bond donors (Lipinski definition) is 3. The summed E-state index contributed by atoms with van der Waals surface area (Å²) in [6, 6.07) is 0. The largest absolute Gasteiger partial charge is 0.479 e. The van der Waals surface area contributed by atoms with Gasteiger partial charge in [0.05, 0.1) is 5.75 Å². The molecule has 0 aromatic heterocycles. The minimum absolute atomic E-state index is 0.108. The summed E-state index contributed by atoms with van der Waals surface area (Å²) in [5, 5.41) is 17.1. The fourth-order valence-electron chi connectivity index (χ4n) is 0.689. The Morgan fingerprint density at radius 1 is 1.57 bits per heavy atom. The second-order valence-electron chi connectivity index (χ2n) is 2.61. The average Bonchev–Trinajstić information content (AvgIpc) is 2.03. The molecule has 7 heteroatoms. The maximum Gasteiger partial charge on any atom is 0.332 e. The molecule has 3 N–H and O–H groups in total. The average molecular weight is 223 g/mol. The van der Waals surface area contributed by atoms with Crippen LogP contribution in [0.3, 0.4) is 0 Å². The van der Waals surface area contributed by atoms with Crippen molar-refractivity contribution in [2.75, 3.05) is 12.3 Å². The number of nitrogens with one attached hydrogen (secondary N) is 1. The fourth-order valence-corrected chi connectivity index (χ4v) is 1.55. The third-order valence-electron chi connectivity index (χ3n) is 1.36. The summed E-state index contributed by atoms with van der Waals surface area (Å²) in [5.74, 6) is -1.59. The van der Waals surface area contributed by atoms with Crippen molar-refractivity contribution in [3.63, 3.8) is 0 Å². The molecule has 0 amide bonds. The zero-order chi connectivity index (χ0) is 11.2. The van der Waals surface area contributed by atoms with Gasteiger partial charge >= 0.3 is 5.97 Å². The van der Waals surface area contributed by atoms with Crippen LogP contribution in [-0.2, 0) is 14.8 Å².